The Morgan fingerprint density at radius 1 is 1.27 bits per heavy atom. The number of fused-ring (bicyclic) bond motifs is 1. The zero-order chi connectivity index (χ0) is 18.1. The second-order valence-electron chi connectivity index (χ2n) is 8.55. The molecule has 2 aliphatic carbocycles. The van der Waals surface area contributed by atoms with Crippen LogP contribution in [-0.4, -0.2) is 47.3 Å². The highest BCUT2D eigenvalue weighted by molar-refractivity contribution is 5.88. The van der Waals surface area contributed by atoms with Crippen LogP contribution in [0.5, 0.6) is 0 Å². The van der Waals surface area contributed by atoms with E-state index in [1.54, 1.807) is 0 Å². The van der Waals surface area contributed by atoms with Gasteiger partial charge in [0.05, 0.1) is 6.07 Å². The average molecular weight is 355 g/mol. The molecule has 4 aliphatic rings. The first kappa shape index (κ1) is 17.6. The van der Waals surface area contributed by atoms with E-state index in [-0.39, 0.29) is 17.9 Å². The maximum atomic E-state index is 12.7. The number of carbonyl (C=O) groups is 2. The molecule has 0 aromatic heterocycles. The lowest BCUT2D eigenvalue weighted by molar-refractivity contribution is -0.145. The average Bonchev–Trinajstić information content (AvgIpc) is 3.48. The Morgan fingerprint density at radius 2 is 2.12 bits per heavy atom. The van der Waals surface area contributed by atoms with E-state index in [4.69, 9.17) is 0 Å². The normalized spacial score (nSPS) is 30.3. The quantitative estimate of drug-likeness (QED) is 0.728. The summed E-state index contributed by atoms with van der Waals surface area (Å²) in [5.74, 6) is 0.701. The fraction of sp³-hybridized carbons (Fsp3) is 0.762. The predicted molar refractivity (Wildman–Crippen MR) is 97.9 cm³/mol. The molecule has 0 N–H and O–H groups in total. The summed E-state index contributed by atoms with van der Waals surface area (Å²) in [6.45, 7) is 2.25. The van der Waals surface area contributed by atoms with Crippen molar-refractivity contribution >= 4 is 11.8 Å². The monoisotopic (exact) mass is 355 g/mol. The molecular weight excluding hydrogens is 326 g/mol. The molecule has 0 aromatic rings. The lowest BCUT2D eigenvalue weighted by Crippen LogP contribution is -2.57. The van der Waals surface area contributed by atoms with Crippen LogP contribution in [0.25, 0.3) is 0 Å². The Labute approximate surface area is 156 Å². The van der Waals surface area contributed by atoms with Gasteiger partial charge in [-0.15, -0.1) is 0 Å². The minimum Gasteiger partial charge on any atom is -0.341 e. The zero-order valence-corrected chi connectivity index (χ0v) is 15.6. The van der Waals surface area contributed by atoms with E-state index in [0.29, 0.717) is 31.7 Å². The van der Waals surface area contributed by atoms with Crippen molar-refractivity contribution in [2.24, 2.45) is 11.3 Å². The number of amides is 2. The van der Waals surface area contributed by atoms with E-state index in [2.05, 4.69) is 17.0 Å². The number of nitrogens with zero attached hydrogens (tertiary/aromatic N) is 3. The summed E-state index contributed by atoms with van der Waals surface area (Å²) < 4.78 is 0. The summed E-state index contributed by atoms with van der Waals surface area (Å²) in [6.07, 6.45) is 12.1. The summed E-state index contributed by atoms with van der Waals surface area (Å²) in [6, 6.07) is 2.51. The van der Waals surface area contributed by atoms with E-state index >= 15 is 0 Å². The van der Waals surface area contributed by atoms with E-state index < -0.39 is 5.41 Å². The van der Waals surface area contributed by atoms with E-state index in [0.717, 1.165) is 32.4 Å². The molecule has 4 rings (SSSR count). The van der Waals surface area contributed by atoms with Crippen LogP contribution in [0.15, 0.2) is 11.6 Å². The fourth-order valence-electron chi connectivity index (χ4n) is 5.02. The summed E-state index contributed by atoms with van der Waals surface area (Å²) in [7, 11) is 0. The number of piperidine rings is 2. The van der Waals surface area contributed by atoms with Crippen molar-refractivity contribution < 1.29 is 9.59 Å². The van der Waals surface area contributed by atoms with Crippen molar-refractivity contribution in [1.82, 2.24) is 9.80 Å². The Balaban J connectivity index is 1.38. The highest BCUT2D eigenvalue weighted by Crippen LogP contribution is 2.47. The third-order valence-corrected chi connectivity index (χ3v) is 6.86. The topological polar surface area (TPSA) is 64.4 Å². The molecule has 1 saturated carbocycles. The lowest BCUT2D eigenvalue weighted by atomic mass is 9.82. The minimum absolute atomic E-state index is 0.0364. The summed E-state index contributed by atoms with van der Waals surface area (Å²) >= 11 is 0. The molecule has 0 aromatic carbocycles. The number of hydrogen-bond acceptors (Lipinski definition) is 3. The van der Waals surface area contributed by atoms with Gasteiger partial charge in [0.25, 0.3) is 0 Å². The van der Waals surface area contributed by atoms with E-state index in [1.807, 2.05) is 4.90 Å². The molecule has 2 saturated heterocycles. The standard InChI is InChI=1S/C21H29N3O2/c22-15-21(10-11-21)20(26)23-12-9-18-17(14-23)6-7-19(25)24(18)13-8-16-4-2-1-3-5-16/h4,17-18H,1-3,5-14H2/t17-,18+/m0/s1. The lowest BCUT2D eigenvalue weighted by Gasteiger charge is -2.47. The fourth-order valence-corrected chi connectivity index (χ4v) is 5.02. The van der Waals surface area contributed by atoms with Gasteiger partial charge >= 0.3 is 0 Å². The van der Waals surface area contributed by atoms with Gasteiger partial charge in [-0.1, -0.05) is 11.6 Å². The Hall–Kier alpha value is -1.83. The van der Waals surface area contributed by atoms with Crippen LogP contribution in [0.2, 0.25) is 0 Å². The van der Waals surface area contributed by atoms with Crippen LogP contribution in [0.1, 0.15) is 64.2 Å². The molecule has 140 valence electrons. The number of hydrogen-bond donors (Lipinski definition) is 0. The maximum absolute atomic E-state index is 12.7. The minimum atomic E-state index is -0.718. The molecule has 5 nitrogen and oxygen atoms in total. The molecular formula is C21H29N3O2. The van der Waals surface area contributed by atoms with Gasteiger partial charge in [0.15, 0.2) is 0 Å². The van der Waals surface area contributed by atoms with Crippen LogP contribution in [0.4, 0.5) is 0 Å². The summed E-state index contributed by atoms with van der Waals surface area (Å²) in [4.78, 5) is 29.2. The molecule has 0 spiro atoms. The van der Waals surface area contributed by atoms with Crippen molar-refractivity contribution in [2.75, 3.05) is 19.6 Å². The van der Waals surface area contributed by atoms with Crippen molar-refractivity contribution in [3.8, 4) is 6.07 Å². The van der Waals surface area contributed by atoms with Crippen molar-refractivity contribution in [1.29, 1.82) is 5.26 Å². The maximum Gasteiger partial charge on any atom is 0.243 e. The first-order valence-corrected chi connectivity index (χ1v) is 10.3. The van der Waals surface area contributed by atoms with Crippen LogP contribution < -0.4 is 0 Å². The van der Waals surface area contributed by atoms with Gasteiger partial charge in [-0.3, -0.25) is 9.59 Å². The third-order valence-electron chi connectivity index (χ3n) is 6.86. The summed E-state index contributed by atoms with van der Waals surface area (Å²) in [5.41, 5.74) is 0.799. The number of nitriles is 1. The van der Waals surface area contributed by atoms with Gasteiger partial charge in [-0.25, -0.2) is 0 Å². The van der Waals surface area contributed by atoms with Crippen molar-refractivity contribution in [3.05, 3.63) is 11.6 Å². The Bertz CT molecular complexity index is 659. The van der Waals surface area contributed by atoms with Crippen LogP contribution >= 0.6 is 0 Å². The second kappa shape index (κ2) is 7.06. The first-order valence-electron chi connectivity index (χ1n) is 10.3. The molecule has 3 fully saturated rings. The largest absolute Gasteiger partial charge is 0.341 e. The zero-order valence-electron chi connectivity index (χ0n) is 15.6. The molecule has 2 heterocycles. The first-order chi connectivity index (χ1) is 12.6. The summed E-state index contributed by atoms with van der Waals surface area (Å²) in [5, 5.41) is 9.30. The molecule has 5 heteroatoms. The third kappa shape index (κ3) is 3.26. The van der Waals surface area contributed by atoms with Gasteiger partial charge in [-0.05, 0) is 63.7 Å². The molecule has 2 atom stereocenters. The number of carbonyl (C=O) groups excluding carboxylic acids is 2. The number of allylic oxidation sites excluding steroid dienone is 1. The highest BCUT2D eigenvalue weighted by Gasteiger charge is 2.53. The van der Waals surface area contributed by atoms with Crippen LogP contribution in [-0.2, 0) is 9.59 Å². The van der Waals surface area contributed by atoms with Crippen LogP contribution in [0, 0.1) is 22.7 Å². The molecule has 0 radical (unpaired) electrons. The van der Waals surface area contributed by atoms with Gasteiger partial charge in [0.2, 0.25) is 11.8 Å². The molecule has 2 amide bonds. The Morgan fingerprint density at radius 3 is 2.81 bits per heavy atom. The van der Waals surface area contributed by atoms with E-state index in [9.17, 15) is 14.9 Å². The molecule has 2 aliphatic heterocycles. The number of rotatable bonds is 4. The molecule has 0 unspecified atom stereocenters. The SMILES string of the molecule is N#CC1(C(=O)N2CC[C@@H]3[C@@H](CCC(=O)N3CCC3=CCCCC3)C2)CC1. The van der Waals surface area contributed by atoms with Crippen molar-refractivity contribution in [3.63, 3.8) is 0 Å². The van der Waals surface area contributed by atoms with Crippen LogP contribution in [0.3, 0.4) is 0 Å². The van der Waals surface area contributed by atoms with Gasteiger partial charge in [-0.2, -0.15) is 5.26 Å². The smallest absolute Gasteiger partial charge is 0.243 e. The van der Waals surface area contributed by atoms with Gasteiger partial charge in [0, 0.05) is 32.1 Å². The van der Waals surface area contributed by atoms with Gasteiger partial charge in [0.1, 0.15) is 5.41 Å². The van der Waals surface area contributed by atoms with E-state index in [1.165, 1.54) is 31.3 Å². The Kier molecular flexibility index (Phi) is 4.77. The highest BCUT2D eigenvalue weighted by atomic mass is 16.2. The number of likely N-dealkylation sites (tertiary alicyclic amines) is 2. The second-order valence-corrected chi connectivity index (χ2v) is 8.55. The molecule has 26 heavy (non-hydrogen) atoms. The molecule has 0 bridgehead atoms. The van der Waals surface area contributed by atoms with Crippen molar-refractivity contribution in [2.45, 2.75) is 70.3 Å². The van der Waals surface area contributed by atoms with Gasteiger partial charge < -0.3 is 9.80 Å². The predicted octanol–water partition coefficient (Wildman–Crippen LogP) is 3.02.